The molecule has 33 heavy (non-hydrogen) atoms. The van der Waals surface area contributed by atoms with Gasteiger partial charge in [-0.05, 0) is 74.8 Å². The zero-order valence-electron chi connectivity index (χ0n) is 18.8. The number of ether oxygens (including phenoxy) is 1. The van der Waals surface area contributed by atoms with Crippen molar-refractivity contribution in [3.63, 3.8) is 0 Å². The van der Waals surface area contributed by atoms with Crippen molar-refractivity contribution in [3.05, 3.63) is 65.7 Å². The van der Waals surface area contributed by atoms with Crippen LogP contribution >= 0.6 is 0 Å². The van der Waals surface area contributed by atoms with Gasteiger partial charge in [0.05, 0.1) is 5.69 Å². The number of anilines is 1. The topological polar surface area (TPSA) is 61.9 Å². The van der Waals surface area contributed by atoms with E-state index >= 15 is 0 Å². The van der Waals surface area contributed by atoms with E-state index in [1.165, 1.54) is 48.8 Å². The van der Waals surface area contributed by atoms with Gasteiger partial charge in [0.15, 0.2) is 11.5 Å². The summed E-state index contributed by atoms with van der Waals surface area (Å²) >= 11 is 0. The first-order valence-electron chi connectivity index (χ1n) is 11.7. The minimum atomic E-state index is -0.433. The Labute approximate surface area is 194 Å². The molecule has 2 aromatic rings. The quantitative estimate of drug-likeness (QED) is 0.511. The maximum atomic E-state index is 13.6. The van der Waals surface area contributed by atoms with Crippen LogP contribution in [0, 0.1) is 5.82 Å². The second kappa shape index (κ2) is 11.1. The maximum absolute atomic E-state index is 13.6. The van der Waals surface area contributed by atoms with Gasteiger partial charge in [-0.1, -0.05) is 37.1 Å². The third-order valence-electron chi connectivity index (χ3n) is 5.95. The lowest BCUT2D eigenvalue weighted by molar-refractivity contribution is -0.123. The lowest BCUT2D eigenvalue weighted by atomic mass is 10.1. The first-order valence-corrected chi connectivity index (χ1v) is 11.7. The first kappa shape index (κ1) is 23.0. The zero-order chi connectivity index (χ0) is 23.0. The number of halogens is 1. The standard InChI is InChI=1S/C26H30FN3O3/c27-21-10-7-9-20(17-21)18-24-26(32)30(22-11-3-4-12-23(22)33-24)19-25(31)28-13-8-16-29-14-5-1-2-6-15-29/h3-4,7,9-12,17-18H,1-2,5-6,8,13-16,19H2,(H,28,31)/b24-18+. The van der Waals surface area contributed by atoms with Gasteiger partial charge in [-0.2, -0.15) is 0 Å². The predicted octanol–water partition coefficient (Wildman–Crippen LogP) is 3.97. The van der Waals surface area contributed by atoms with Crippen LogP contribution in [0.15, 0.2) is 54.3 Å². The Kier molecular flexibility index (Phi) is 7.73. The third kappa shape index (κ3) is 6.20. The summed E-state index contributed by atoms with van der Waals surface area (Å²) in [5.41, 5.74) is 1.05. The van der Waals surface area contributed by atoms with Crippen molar-refractivity contribution < 1.29 is 18.7 Å². The number of carbonyl (C=O) groups is 2. The Balaban J connectivity index is 1.39. The molecule has 1 saturated heterocycles. The van der Waals surface area contributed by atoms with E-state index in [4.69, 9.17) is 4.74 Å². The smallest absolute Gasteiger partial charge is 0.294 e. The molecular weight excluding hydrogens is 421 g/mol. The van der Waals surface area contributed by atoms with Crippen molar-refractivity contribution in [1.29, 1.82) is 0 Å². The van der Waals surface area contributed by atoms with Crippen LogP contribution in [0.2, 0.25) is 0 Å². The molecule has 2 aromatic carbocycles. The highest BCUT2D eigenvalue weighted by atomic mass is 19.1. The van der Waals surface area contributed by atoms with Crippen LogP contribution in [-0.2, 0) is 9.59 Å². The van der Waals surface area contributed by atoms with Crippen molar-refractivity contribution in [3.8, 4) is 5.75 Å². The number of nitrogens with one attached hydrogen (secondary N) is 1. The van der Waals surface area contributed by atoms with Gasteiger partial charge in [0, 0.05) is 6.54 Å². The van der Waals surface area contributed by atoms with E-state index in [-0.39, 0.29) is 18.2 Å². The molecule has 0 unspecified atom stereocenters. The van der Waals surface area contributed by atoms with Crippen LogP contribution in [0.4, 0.5) is 10.1 Å². The molecule has 2 heterocycles. The molecule has 0 spiro atoms. The van der Waals surface area contributed by atoms with E-state index in [1.54, 1.807) is 36.4 Å². The van der Waals surface area contributed by atoms with Crippen molar-refractivity contribution in [1.82, 2.24) is 10.2 Å². The molecule has 0 aliphatic carbocycles. The number of para-hydroxylation sites is 2. The molecule has 4 rings (SSSR count). The van der Waals surface area contributed by atoms with Crippen molar-refractivity contribution in [2.45, 2.75) is 32.1 Å². The Morgan fingerprint density at radius 1 is 1.06 bits per heavy atom. The average molecular weight is 452 g/mol. The third-order valence-corrected chi connectivity index (χ3v) is 5.95. The minimum Gasteiger partial charge on any atom is -0.449 e. The molecule has 174 valence electrons. The summed E-state index contributed by atoms with van der Waals surface area (Å²) in [7, 11) is 0. The Morgan fingerprint density at radius 3 is 2.64 bits per heavy atom. The highest BCUT2D eigenvalue weighted by Gasteiger charge is 2.31. The second-order valence-corrected chi connectivity index (χ2v) is 8.48. The largest absolute Gasteiger partial charge is 0.449 e. The van der Waals surface area contributed by atoms with Crippen LogP contribution in [0.25, 0.3) is 6.08 Å². The maximum Gasteiger partial charge on any atom is 0.294 e. The number of amides is 2. The molecule has 0 radical (unpaired) electrons. The predicted molar refractivity (Wildman–Crippen MR) is 126 cm³/mol. The normalized spacial score (nSPS) is 17.9. The molecule has 2 aliphatic heterocycles. The molecule has 0 saturated carbocycles. The summed E-state index contributed by atoms with van der Waals surface area (Å²) in [5.74, 6) is -0.523. The Morgan fingerprint density at radius 2 is 1.85 bits per heavy atom. The number of carbonyl (C=O) groups excluding carboxylic acids is 2. The molecule has 0 bridgehead atoms. The molecule has 2 amide bonds. The lowest BCUT2D eigenvalue weighted by Crippen LogP contribution is -2.44. The van der Waals surface area contributed by atoms with Gasteiger partial charge in [-0.3, -0.25) is 14.5 Å². The van der Waals surface area contributed by atoms with Crippen LogP contribution in [-0.4, -0.2) is 49.4 Å². The van der Waals surface area contributed by atoms with E-state index < -0.39 is 11.7 Å². The SMILES string of the molecule is O=C(CN1C(=O)/C(=C\c2cccc(F)c2)Oc2ccccc21)NCCCN1CCCCCC1. The molecule has 1 N–H and O–H groups in total. The molecule has 6 nitrogen and oxygen atoms in total. The number of hydrogen-bond acceptors (Lipinski definition) is 4. The van der Waals surface area contributed by atoms with E-state index in [0.29, 0.717) is 23.5 Å². The molecule has 1 fully saturated rings. The van der Waals surface area contributed by atoms with E-state index in [2.05, 4.69) is 10.2 Å². The van der Waals surface area contributed by atoms with Gasteiger partial charge >= 0.3 is 0 Å². The highest BCUT2D eigenvalue weighted by molar-refractivity contribution is 6.12. The van der Waals surface area contributed by atoms with Gasteiger partial charge in [-0.15, -0.1) is 0 Å². The molecule has 0 atom stereocenters. The van der Waals surface area contributed by atoms with Gasteiger partial charge in [-0.25, -0.2) is 4.39 Å². The fourth-order valence-electron chi connectivity index (χ4n) is 4.26. The molecule has 0 aromatic heterocycles. The van der Waals surface area contributed by atoms with Crippen molar-refractivity contribution in [2.75, 3.05) is 37.6 Å². The van der Waals surface area contributed by atoms with Crippen LogP contribution in [0.3, 0.4) is 0 Å². The summed E-state index contributed by atoms with van der Waals surface area (Å²) in [5, 5.41) is 2.94. The zero-order valence-corrected chi connectivity index (χ0v) is 18.8. The summed E-state index contributed by atoms with van der Waals surface area (Å²) < 4.78 is 19.4. The van der Waals surface area contributed by atoms with Crippen LogP contribution in [0.5, 0.6) is 5.75 Å². The molecule has 7 heteroatoms. The van der Waals surface area contributed by atoms with Crippen LogP contribution < -0.4 is 15.0 Å². The number of nitrogens with zero attached hydrogens (tertiary/aromatic N) is 2. The summed E-state index contributed by atoms with van der Waals surface area (Å²) in [4.78, 5) is 29.7. The number of likely N-dealkylation sites (tertiary alicyclic amines) is 1. The van der Waals surface area contributed by atoms with Crippen molar-refractivity contribution >= 4 is 23.6 Å². The molecule has 2 aliphatic rings. The Bertz CT molecular complexity index is 1020. The Hall–Kier alpha value is -3.19. The summed E-state index contributed by atoms with van der Waals surface area (Å²) in [6.45, 7) is 3.70. The highest BCUT2D eigenvalue weighted by Crippen LogP contribution is 2.35. The van der Waals surface area contributed by atoms with E-state index in [9.17, 15) is 14.0 Å². The van der Waals surface area contributed by atoms with Crippen molar-refractivity contribution in [2.24, 2.45) is 0 Å². The van der Waals surface area contributed by atoms with E-state index in [0.717, 1.165) is 26.1 Å². The first-order chi connectivity index (χ1) is 16.1. The molecular formula is C26H30FN3O3. The number of benzene rings is 2. The van der Waals surface area contributed by atoms with E-state index in [1.807, 2.05) is 0 Å². The average Bonchev–Trinajstić information content (AvgIpc) is 3.08. The second-order valence-electron chi connectivity index (χ2n) is 8.48. The minimum absolute atomic E-state index is 0.0493. The number of hydrogen-bond donors (Lipinski definition) is 1. The van der Waals surface area contributed by atoms with Gasteiger partial charge < -0.3 is 15.0 Å². The monoisotopic (exact) mass is 451 g/mol. The lowest BCUT2D eigenvalue weighted by Gasteiger charge is -2.30. The number of fused-ring (bicyclic) bond motifs is 1. The van der Waals surface area contributed by atoms with Crippen LogP contribution in [0.1, 0.15) is 37.7 Å². The van der Waals surface area contributed by atoms with Gasteiger partial charge in [0.25, 0.3) is 5.91 Å². The summed E-state index contributed by atoms with van der Waals surface area (Å²) in [6, 6.07) is 13.0. The van der Waals surface area contributed by atoms with Gasteiger partial charge in [0.1, 0.15) is 12.4 Å². The fourth-order valence-corrected chi connectivity index (χ4v) is 4.26. The fraction of sp³-hybridized carbons (Fsp3) is 0.385. The number of rotatable bonds is 7. The summed E-state index contributed by atoms with van der Waals surface area (Å²) in [6.07, 6.45) is 7.47. The van der Waals surface area contributed by atoms with Gasteiger partial charge in [0.2, 0.25) is 5.91 Å².